The summed E-state index contributed by atoms with van der Waals surface area (Å²) in [5.41, 5.74) is 10.3. The number of terminal acetylenes is 1. The van der Waals surface area contributed by atoms with Crippen LogP contribution < -0.4 is 11.1 Å². The smallest absolute Gasteiger partial charge is 0.271 e. The van der Waals surface area contributed by atoms with Gasteiger partial charge in [0.1, 0.15) is 5.69 Å². The number of carbonyl (C=O) groups excluding carboxylic acids is 1. The summed E-state index contributed by atoms with van der Waals surface area (Å²) in [4.78, 5) is 16.1. The number of rotatable bonds is 5. The maximum atomic E-state index is 12.1. The van der Waals surface area contributed by atoms with Crippen LogP contribution in [0.5, 0.6) is 0 Å². The third-order valence-electron chi connectivity index (χ3n) is 3.86. The number of nitrogen functional groups attached to an aromatic ring is 1. The molecule has 3 aromatic rings. The van der Waals surface area contributed by atoms with Gasteiger partial charge in [-0.15, -0.1) is 17.8 Å². The van der Waals surface area contributed by atoms with Crippen LogP contribution in [0.1, 0.15) is 26.6 Å². The molecular formula is C20H16N4OS. The standard InChI is InChI=1S/C20H16N4OS/c1-2-19-24-18(12-26-19)20(25)23-11-13-6-8-14(9-7-13)15-4-3-5-17(22)16(15)10-21/h1,3-10,12,21H,11,22H2,(H,23,25). The molecule has 6 heteroatoms. The SMILES string of the molecule is C#Cc1nc(C(=O)NCc2ccc(-c3cccc(N)c3C=N)cc2)cs1. The summed E-state index contributed by atoms with van der Waals surface area (Å²) in [5, 5.41) is 12.5. The van der Waals surface area contributed by atoms with Crippen LogP contribution in [0, 0.1) is 17.8 Å². The van der Waals surface area contributed by atoms with Gasteiger partial charge in [-0.1, -0.05) is 36.4 Å². The number of nitrogens with zero attached hydrogens (tertiary/aromatic N) is 1. The van der Waals surface area contributed by atoms with Crippen LogP contribution in [0.3, 0.4) is 0 Å². The van der Waals surface area contributed by atoms with Gasteiger partial charge in [-0.2, -0.15) is 0 Å². The van der Waals surface area contributed by atoms with Gasteiger partial charge in [0.2, 0.25) is 0 Å². The normalized spacial score (nSPS) is 10.1. The first kappa shape index (κ1) is 17.4. The van der Waals surface area contributed by atoms with Crippen molar-refractivity contribution in [3.05, 3.63) is 69.7 Å². The molecule has 1 heterocycles. The predicted molar refractivity (Wildman–Crippen MR) is 105 cm³/mol. The van der Waals surface area contributed by atoms with Crippen LogP contribution >= 0.6 is 11.3 Å². The molecule has 0 aliphatic rings. The van der Waals surface area contributed by atoms with Crippen molar-refractivity contribution in [3.8, 4) is 23.5 Å². The average Bonchev–Trinajstić information content (AvgIpc) is 3.16. The van der Waals surface area contributed by atoms with Crippen molar-refractivity contribution < 1.29 is 4.79 Å². The lowest BCUT2D eigenvalue weighted by Gasteiger charge is -2.10. The molecule has 3 rings (SSSR count). The Balaban J connectivity index is 1.70. The number of amides is 1. The Morgan fingerprint density at radius 1 is 1.31 bits per heavy atom. The van der Waals surface area contributed by atoms with E-state index in [0.29, 0.717) is 28.5 Å². The van der Waals surface area contributed by atoms with Crippen LogP contribution in [0.4, 0.5) is 5.69 Å². The van der Waals surface area contributed by atoms with Crippen LogP contribution in [0.25, 0.3) is 11.1 Å². The summed E-state index contributed by atoms with van der Waals surface area (Å²) in [6.07, 6.45) is 6.53. The van der Waals surface area contributed by atoms with Gasteiger partial charge in [-0.3, -0.25) is 4.79 Å². The Hall–Kier alpha value is -3.43. The van der Waals surface area contributed by atoms with Crippen LogP contribution in [-0.4, -0.2) is 17.1 Å². The minimum atomic E-state index is -0.256. The van der Waals surface area contributed by atoms with Crippen molar-refractivity contribution in [2.75, 3.05) is 5.73 Å². The molecule has 4 N–H and O–H groups in total. The molecule has 0 saturated heterocycles. The van der Waals surface area contributed by atoms with Gasteiger partial charge < -0.3 is 16.5 Å². The number of hydrogen-bond acceptors (Lipinski definition) is 5. The minimum absolute atomic E-state index is 0.256. The van der Waals surface area contributed by atoms with Crippen LogP contribution in [-0.2, 0) is 6.54 Å². The fourth-order valence-corrected chi connectivity index (χ4v) is 3.12. The first-order valence-electron chi connectivity index (χ1n) is 7.81. The molecule has 128 valence electrons. The van der Waals surface area contributed by atoms with Crippen LogP contribution in [0.2, 0.25) is 0 Å². The van der Waals surface area contributed by atoms with Crippen LogP contribution in [0.15, 0.2) is 47.8 Å². The zero-order valence-electron chi connectivity index (χ0n) is 13.8. The highest BCUT2D eigenvalue weighted by Crippen LogP contribution is 2.26. The lowest BCUT2D eigenvalue weighted by molar-refractivity contribution is 0.0946. The maximum Gasteiger partial charge on any atom is 0.271 e. The maximum absolute atomic E-state index is 12.1. The van der Waals surface area contributed by atoms with Crippen molar-refractivity contribution >= 4 is 29.1 Å². The number of aromatic nitrogens is 1. The number of nitrogens with two attached hydrogens (primary N) is 1. The summed E-state index contributed by atoms with van der Waals surface area (Å²) in [7, 11) is 0. The number of thiazole rings is 1. The highest BCUT2D eigenvalue weighted by Gasteiger charge is 2.10. The summed E-state index contributed by atoms with van der Waals surface area (Å²) < 4.78 is 0. The lowest BCUT2D eigenvalue weighted by Crippen LogP contribution is -2.23. The highest BCUT2D eigenvalue weighted by molar-refractivity contribution is 7.10. The molecule has 0 bridgehead atoms. The molecule has 0 spiro atoms. The molecule has 0 unspecified atom stereocenters. The molecule has 0 atom stereocenters. The summed E-state index contributed by atoms with van der Waals surface area (Å²) >= 11 is 1.27. The van der Waals surface area contributed by atoms with E-state index >= 15 is 0 Å². The van der Waals surface area contributed by atoms with Gasteiger partial charge in [-0.25, -0.2) is 4.98 Å². The molecular weight excluding hydrogens is 344 g/mol. The second kappa shape index (κ2) is 7.64. The van der Waals surface area contributed by atoms with E-state index in [9.17, 15) is 4.79 Å². The summed E-state index contributed by atoms with van der Waals surface area (Å²) in [5.74, 6) is 2.16. The van der Waals surface area contributed by atoms with Crippen molar-refractivity contribution in [3.63, 3.8) is 0 Å². The number of anilines is 1. The largest absolute Gasteiger partial charge is 0.398 e. The van der Waals surface area contributed by atoms with Crippen molar-refractivity contribution in [1.82, 2.24) is 10.3 Å². The Bertz CT molecular complexity index is 999. The monoisotopic (exact) mass is 360 g/mol. The second-order valence-corrected chi connectivity index (χ2v) is 6.37. The third kappa shape index (κ3) is 3.63. The Kier molecular flexibility index (Phi) is 5.11. The van der Waals surface area contributed by atoms with E-state index in [4.69, 9.17) is 17.6 Å². The molecule has 2 aromatic carbocycles. The number of nitrogens with one attached hydrogen (secondary N) is 2. The first-order valence-corrected chi connectivity index (χ1v) is 8.69. The van der Waals surface area contributed by atoms with E-state index in [-0.39, 0.29) is 5.91 Å². The molecule has 0 fully saturated rings. The highest BCUT2D eigenvalue weighted by atomic mass is 32.1. The molecule has 1 amide bonds. The van der Waals surface area contributed by atoms with E-state index in [0.717, 1.165) is 16.7 Å². The Morgan fingerprint density at radius 2 is 2.08 bits per heavy atom. The van der Waals surface area contributed by atoms with Crippen molar-refractivity contribution in [2.24, 2.45) is 0 Å². The van der Waals surface area contributed by atoms with Gasteiger partial charge in [0.15, 0.2) is 5.01 Å². The van der Waals surface area contributed by atoms with Crippen molar-refractivity contribution in [2.45, 2.75) is 6.54 Å². The van der Waals surface area contributed by atoms with E-state index in [2.05, 4.69) is 16.2 Å². The quantitative estimate of drug-likeness (QED) is 0.370. The Morgan fingerprint density at radius 3 is 2.73 bits per heavy atom. The zero-order valence-corrected chi connectivity index (χ0v) is 14.6. The molecule has 0 aliphatic heterocycles. The van der Waals surface area contributed by atoms with E-state index in [1.807, 2.05) is 36.4 Å². The van der Waals surface area contributed by atoms with Crippen molar-refractivity contribution in [1.29, 1.82) is 5.41 Å². The van der Waals surface area contributed by atoms with Gasteiger partial charge in [0.05, 0.1) is 0 Å². The number of benzene rings is 2. The van der Waals surface area contributed by atoms with E-state index < -0.39 is 0 Å². The number of hydrogen-bond donors (Lipinski definition) is 3. The Labute approximate surface area is 155 Å². The summed E-state index contributed by atoms with van der Waals surface area (Å²) in [6, 6.07) is 13.3. The third-order valence-corrected chi connectivity index (χ3v) is 4.64. The molecule has 0 radical (unpaired) electrons. The van der Waals surface area contributed by atoms with Gasteiger partial charge in [0, 0.05) is 29.4 Å². The predicted octanol–water partition coefficient (Wildman–Crippen LogP) is 3.30. The molecule has 26 heavy (non-hydrogen) atoms. The zero-order chi connectivity index (χ0) is 18.5. The fraction of sp³-hybridized carbons (Fsp3) is 0.0500. The molecule has 5 nitrogen and oxygen atoms in total. The van der Waals surface area contributed by atoms with E-state index in [1.54, 1.807) is 11.4 Å². The van der Waals surface area contributed by atoms with Gasteiger partial charge in [-0.05, 0) is 28.7 Å². The minimum Gasteiger partial charge on any atom is -0.398 e. The first-order chi connectivity index (χ1) is 12.6. The molecule has 0 aliphatic carbocycles. The average molecular weight is 360 g/mol. The second-order valence-electron chi connectivity index (χ2n) is 5.51. The molecule has 1 aromatic heterocycles. The topological polar surface area (TPSA) is 91.9 Å². The van der Waals surface area contributed by atoms with Gasteiger partial charge in [0.25, 0.3) is 5.91 Å². The number of carbonyl (C=O) groups is 1. The lowest BCUT2D eigenvalue weighted by atomic mass is 9.98. The van der Waals surface area contributed by atoms with E-state index in [1.165, 1.54) is 17.6 Å². The van der Waals surface area contributed by atoms with Gasteiger partial charge >= 0.3 is 0 Å². The fourth-order valence-electron chi connectivity index (χ4n) is 2.52. The summed E-state index contributed by atoms with van der Waals surface area (Å²) in [6.45, 7) is 0.385. The molecule has 0 saturated carbocycles.